The summed E-state index contributed by atoms with van der Waals surface area (Å²) < 4.78 is 1.91. The number of rotatable bonds is 2. The largest absolute Gasteiger partial charge is 0.373 e. The third-order valence-corrected chi connectivity index (χ3v) is 6.11. The van der Waals surface area contributed by atoms with Crippen LogP contribution in [0.1, 0.15) is 13.8 Å². The van der Waals surface area contributed by atoms with Crippen LogP contribution in [0.15, 0.2) is 0 Å². The Bertz CT molecular complexity index is 134. The van der Waals surface area contributed by atoms with E-state index in [4.69, 9.17) is 0 Å². The average Bonchev–Trinajstić information content (AvgIpc) is 1.86. The standard InChI is InChI=1S/C7H17NOSi/c1-6-10(4,5)8(3)7(2)9/h6H2,1-5H3. The van der Waals surface area contributed by atoms with E-state index in [1.807, 2.05) is 11.6 Å². The Morgan fingerprint density at radius 3 is 2.00 bits per heavy atom. The van der Waals surface area contributed by atoms with Crippen LogP contribution in [-0.2, 0) is 4.79 Å². The van der Waals surface area contributed by atoms with Gasteiger partial charge >= 0.3 is 0 Å². The summed E-state index contributed by atoms with van der Waals surface area (Å²) >= 11 is 0. The molecule has 0 unspecified atom stereocenters. The van der Waals surface area contributed by atoms with E-state index in [9.17, 15) is 4.79 Å². The van der Waals surface area contributed by atoms with Gasteiger partial charge in [-0.15, -0.1) is 0 Å². The first-order valence-electron chi connectivity index (χ1n) is 3.66. The van der Waals surface area contributed by atoms with E-state index in [1.165, 1.54) is 0 Å². The monoisotopic (exact) mass is 159 g/mol. The smallest absolute Gasteiger partial charge is 0.211 e. The highest BCUT2D eigenvalue weighted by atomic mass is 28.3. The van der Waals surface area contributed by atoms with E-state index in [1.54, 1.807) is 6.92 Å². The second-order valence-corrected chi connectivity index (χ2v) is 8.25. The molecule has 0 atom stereocenters. The number of amides is 1. The topological polar surface area (TPSA) is 20.3 Å². The van der Waals surface area contributed by atoms with Gasteiger partial charge in [0.15, 0.2) is 8.24 Å². The molecule has 60 valence electrons. The third kappa shape index (κ3) is 2.14. The van der Waals surface area contributed by atoms with Crippen molar-refractivity contribution in [2.75, 3.05) is 7.05 Å². The van der Waals surface area contributed by atoms with Gasteiger partial charge in [-0.25, -0.2) is 0 Å². The molecule has 2 nitrogen and oxygen atoms in total. The summed E-state index contributed by atoms with van der Waals surface area (Å²) in [7, 11) is 0.541. The summed E-state index contributed by atoms with van der Waals surface area (Å²) in [4.78, 5) is 10.9. The molecule has 0 N–H and O–H groups in total. The number of carbonyl (C=O) groups is 1. The number of hydrogen-bond acceptors (Lipinski definition) is 1. The van der Waals surface area contributed by atoms with Crippen molar-refractivity contribution in [3.63, 3.8) is 0 Å². The number of nitrogens with zero attached hydrogens (tertiary/aromatic N) is 1. The normalized spacial score (nSPS) is 11.3. The lowest BCUT2D eigenvalue weighted by molar-refractivity contribution is -0.124. The molecule has 0 aliphatic rings. The van der Waals surface area contributed by atoms with Gasteiger partial charge in [-0.2, -0.15) is 0 Å². The van der Waals surface area contributed by atoms with E-state index >= 15 is 0 Å². The molecular weight excluding hydrogens is 142 g/mol. The van der Waals surface area contributed by atoms with Gasteiger partial charge in [-0.3, -0.25) is 4.79 Å². The van der Waals surface area contributed by atoms with Crippen molar-refractivity contribution in [1.29, 1.82) is 0 Å². The van der Waals surface area contributed by atoms with Crippen LogP contribution in [0.25, 0.3) is 0 Å². The minimum absolute atomic E-state index is 0.193. The Hall–Kier alpha value is -0.313. The fourth-order valence-corrected chi connectivity index (χ4v) is 1.99. The van der Waals surface area contributed by atoms with Gasteiger partial charge in [0.2, 0.25) is 5.91 Å². The SMILES string of the molecule is CC[Si](C)(C)N(C)C(C)=O. The van der Waals surface area contributed by atoms with E-state index in [-0.39, 0.29) is 5.91 Å². The van der Waals surface area contributed by atoms with Crippen molar-refractivity contribution in [3.8, 4) is 0 Å². The van der Waals surface area contributed by atoms with Crippen LogP contribution in [0.4, 0.5) is 0 Å². The van der Waals surface area contributed by atoms with Gasteiger partial charge in [0, 0.05) is 14.0 Å². The zero-order valence-electron chi connectivity index (χ0n) is 7.56. The van der Waals surface area contributed by atoms with Crippen LogP contribution in [0.5, 0.6) is 0 Å². The van der Waals surface area contributed by atoms with Gasteiger partial charge in [0.1, 0.15) is 0 Å². The molecule has 0 aromatic heterocycles. The Morgan fingerprint density at radius 1 is 1.50 bits per heavy atom. The molecule has 0 bridgehead atoms. The van der Waals surface area contributed by atoms with Gasteiger partial charge in [0.25, 0.3) is 0 Å². The maximum Gasteiger partial charge on any atom is 0.211 e. The molecule has 0 saturated carbocycles. The van der Waals surface area contributed by atoms with Crippen LogP contribution < -0.4 is 0 Å². The van der Waals surface area contributed by atoms with Gasteiger partial charge in [0.05, 0.1) is 0 Å². The second kappa shape index (κ2) is 3.19. The van der Waals surface area contributed by atoms with Gasteiger partial charge in [-0.1, -0.05) is 20.0 Å². The van der Waals surface area contributed by atoms with Gasteiger partial charge in [-0.05, 0) is 6.04 Å². The summed E-state index contributed by atoms with van der Waals surface area (Å²) in [5.41, 5.74) is 0. The summed E-state index contributed by atoms with van der Waals surface area (Å²) in [5.74, 6) is 0.193. The average molecular weight is 159 g/mol. The maximum absolute atomic E-state index is 10.9. The molecular formula is C7H17NOSi. The molecule has 0 aliphatic carbocycles. The molecule has 0 fully saturated rings. The van der Waals surface area contributed by atoms with Crippen LogP contribution in [0, 0.1) is 0 Å². The minimum atomic E-state index is -1.36. The summed E-state index contributed by atoms with van der Waals surface area (Å²) in [6.45, 7) is 8.18. The summed E-state index contributed by atoms with van der Waals surface area (Å²) in [6.07, 6.45) is 0. The molecule has 0 aromatic rings. The minimum Gasteiger partial charge on any atom is -0.373 e. The van der Waals surface area contributed by atoms with Crippen LogP contribution in [-0.4, -0.2) is 25.8 Å². The van der Waals surface area contributed by atoms with Crippen molar-refractivity contribution in [1.82, 2.24) is 4.57 Å². The highest BCUT2D eigenvalue weighted by molar-refractivity contribution is 6.76. The molecule has 0 saturated heterocycles. The predicted molar refractivity (Wildman–Crippen MR) is 46.4 cm³/mol. The van der Waals surface area contributed by atoms with Gasteiger partial charge < -0.3 is 4.57 Å². The van der Waals surface area contributed by atoms with Crippen LogP contribution in [0.2, 0.25) is 19.1 Å². The van der Waals surface area contributed by atoms with Crippen LogP contribution in [0.3, 0.4) is 0 Å². The second-order valence-electron chi connectivity index (χ2n) is 3.24. The van der Waals surface area contributed by atoms with Crippen molar-refractivity contribution in [2.24, 2.45) is 0 Å². The van der Waals surface area contributed by atoms with Crippen molar-refractivity contribution in [2.45, 2.75) is 33.0 Å². The molecule has 0 aliphatic heterocycles. The van der Waals surface area contributed by atoms with Crippen molar-refractivity contribution >= 4 is 14.1 Å². The van der Waals surface area contributed by atoms with Crippen molar-refractivity contribution in [3.05, 3.63) is 0 Å². The zero-order valence-corrected chi connectivity index (χ0v) is 8.56. The Morgan fingerprint density at radius 2 is 1.90 bits per heavy atom. The highest BCUT2D eigenvalue weighted by Crippen LogP contribution is 2.12. The first-order chi connectivity index (χ1) is 4.41. The number of hydrogen-bond donors (Lipinski definition) is 0. The quantitative estimate of drug-likeness (QED) is 0.561. The molecule has 0 rings (SSSR count). The van der Waals surface area contributed by atoms with E-state index in [2.05, 4.69) is 20.0 Å². The fourth-order valence-electron chi connectivity index (χ4n) is 0.663. The highest BCUT2D eigenvalue weighted by Gasteiger charge is 2.25. The first-order valence-corrected chi connectivity index (χ1v) is 6.81. The van der Waals surface area contributed by atoms with E-state index in [0.29, 0.717) is 0 Å². The summed E-state index contributed by atoms with van der Waals surface area (Å²) in [5, 5.41) is 0. The molecule has 1 amide bonds. The lowest BCUT2D eigenvalue weighted by atomic mass is 10.7. The third-order valence-electron chi connectivity index (χ3n) is 2.25. The summed E-state index contributed by atoms with van der Waals surface area (Å²) in [6, 6.07) is 1.13. The molecule has 0 aromatic carbocycles. The predicted octanol–water partition coefficient (Wildman–Crippen LogP) is 1.69. The molecule has 3 heteroatoms. The first kappa shape index (κ1) is 9.69. The Kier molecular flexibility index (Phi) is 3.09. The molecule has 10 heavy (non-hydrogen) atoms. The lowest BCUT2D eigenvalue weighted by Gasteiger charge is -2.31. The molecule has 0 radical (unpaired) electrons. The number of carbonyl (C=O) groups excluding carboxylic acids is 1. The Labute approximate surface area is 64.3 Å². The molecule has 0 heterocycles. The van der Waals surface area contributed by atoms with Crippen molar-refractivity contribution < 1.29 is 4.79 Å². The molecule has 0 spiro atoms. The van der Waals surface area contributed by atoms with Crippen LogP contribution >= 0.6 is 0 Å². The maximum atomic E-state index is 10.9. The zero-order chi connectivity index (χ0) is 8.36. The Balaban J connectivity index is 4.17. The fraction of sp³-hybridized carbons (Fsp3) is 0.857. The lowest BCUT2D eigenvalue weighted by Crippen LogP contribution is -2.47. The van der Waals surface area contributed by atoms with E-state index < -0.39 is 8.24 Å². The van der Waals surface area contributed by atoms with E-state index in [0.717, 1.165) is 6.04 Å².